The van der Waals surface area contributed by atoms with E-state index < -0.39 is 0 Å². The Hall–Kier alpha value is -2.32. The summed E-state index contributed by atoms with van der Waals surface area (Å²) in [6, 6.07) is 6.85. The SMILES string of the molecule is CC(=O)N1CCN(C(=O)C(C2CCCC2)N2CCN(C(=O)COc3ccc(Cl)cc3)CC2)CC1. The molecule has 3 amide bonds. The van der Waals surface area contributed by atoms with Gasteiger partial charge in [0.2, 0.25) is 11.8 Å². The van der Waals surface area contributed by atoms with Gasteiger partial charge in [-0.2, -0.15) is 0 Å². The summed E-state index contributed by atoms with van der Waals surface area (Å²) in [6.45, 7) is 6.55. The lowest BCUT2D eigenvalue weighted by molar-refractivity contribution is -0.146. The summed E-state index contributed by atoms with van der Waals surface area (Å²) in [5.41, 5.74) is 0. The molecular weight excluding hydrogens is 456 g/mol. The molecule has 1 aliphatic carbocycles. The topological polar surface area (TPSA) is 73.4 Å². The van der Waals surface area contributed by atoms with Crippen molar-refractivity contribution in [2.24, 2.45) is 5.92 Å². The third-order valence-corrected chi connectivity index (χ3v) is 7.62. The van der Waals surface area contributed by atoms with Crippen LogP contribution in [0.15, 0.2) is 24.3 Å². The second-order valence-electron chi connectivity index (χ2n) is 9.48. The Morgan fingerprint density at radius 2 is 1.44 bits per heavy atom. The number of amides is 3. The zero-order valence-corrected chi connectivity index (χ0v) is 20.7. The fourth-order valence-electron chi connectivity index (χ4n) is 5.37. The van der Waals surface area contributed by atoms with Gasteiger partial charge in [-0.15, -0.1) is 0 Å². The molecule has 3 fully saturated rings. The molecule has 0 bridgehead atoms. The standard InChI is InChI=1S/C25H35ClN4O4/c1-19(31)27-10-16-30(17-11-27)25(33)24(20-4-2-3-5-20)29-14-12-28(13-15-29)23(32)18-34-22-8-6-21(26)7-9-22/h6-9,20,24H,2-5,10-18H2,1H3. The van der Waals surface area contributed by atoms with Crippen LogP contribution in [0.3, 0.4) is 0 Å². The molecule has 34 heavy (non-hydrogen) atoms. The average Bonchev–Trinajstić information content (AvgIpc) is 3.38. The summed E-state index contributed by atoms with van der Waals surface area (Å²) >= 11 is 5.89. The predicted octanol–water partition coefficient (Wildman–Crippen LogP) is 2.11. The largest absolute Gasteiger partial charge is 0.484 e. The second-order valence-corrected chi connectivity index (χ2v) is 9.92. The fourth-order valence-corrected chi connectivity index (χ4v) is 5.50. The third-order valence-electron chi connectivity index (χ3n) is 7.37. The van der Waals surface area contributed by atoms with Crippen molar-refractivity contribution in [3.8, 4) is 5.75 Å². The van der Waals surface area contributed by atoms with Gasteiger partial charge >= 0.3 is 0 Å². The van der Waals surface area contributed by atoms with Crippen molar-refractivity contribution in [1.29, 1.82) is 0 Å². The minimum Gasteiger partial charge on any atom is -0.484 e. The molecular formula is C25H35ClN4O4. The molecule has 2 saturated heterocycles. The minimum atomic E-state index is -0.131. The molecule has 0 radical (unpaired) electrons. The number of rotatable bonds is 6. The van der Waals surface area contributed by atoms with Crippen LogP contribution in [0.5, 0.6) is 5.75 Å². The van der Waals surface area contributed by atoms with Gasteiger partial charge in [0.25, 0.3) is 5.91 Å². The van der Waals surface area contributed by atoms with Crippen molar-refractivity contribution in [1.82, 2.24) is 19.6 Å². The van der Waals surface area contributed by atoms with E-state index in [1.54, 1.807) is 31.2 Å². The van der Waals surface area contributed by atoms with Crippen LogP contribution < -0.4 is 4.74 Å². The quantitative estimate of drug-likeness (QED) is 0.610. The van der Waals surface area contributed by atoms with E-state index in [0.717, 1.165) is 12.8 Å². The Morgan fingerprint density at radius 1 is 0.882 bits per heavy atom. The molecule has 1 atom stereocenters. The zero-order valence-electron chi connectivity index (χ0n) is 20.0. The lowest BCUT2D eigenvalue weighted by Crippen LogP contribution is -2.61. The number of hydrogen-bond donors (Lipinski definition) is 0. The molecule has 8 nitrogen and oxygen atoms in total. The van der Waals surface area contributed by atoms with E-state index in [1.807, 2.05) is 14.7 Å². The van der Waals surface area contributed by atoms with Gasteiger partial charge in [0.1, 0.15) is 5.75 Å². The first-order chi connectivity index (χ1) is 16.4. The van der Waals surface area contributed by atoms with E-state index in [4.69, 9.17) is 16.3 Å². The molecule has 4 rings (SSSR count). The number of carbonyl (C=O) groups excluding carboxylic acids is 3. The molecule has 1 unspecified atom stereocenters. The molecule has 1 aromatic rings. The maximum Gasteiger partial charge on any atom is 0.260 e. The summed E-state index contributed by atoms with van der Waals surface area (Å²) in [6.07, 6.45) is 4.51. The lowest BCUT2D eigenvalue weighted by atomic mass is 9.94. The average molecular weight is 491 g/mol. The van der Waals surface area contributed by atoms with E-state index in [1.165, 1.54) is 12.8 Å². The molecule has 2 heterocycles. The van der Waals surface area contributed by atoms with E-state index >= 15 is 0 Å². The number of hydrogen-bond acceptors (Lipinski definition) is 5. The van der Waals surface area contributed by atoms with Crippen molar-refractivity contribution < 1.29 is 19.1 Å². The predicted molar refractivity (Wildman–Crippen MR) is 130 cm³/mol. The number of piperazine rings is 2. The van der Waals surface area contributed by atoms with Crippen molar-refractivity contribution in [3.05, 3.63) is 29.3 Å². The number of nitrogens with zero attached hydrogens (tertiary/aromatic N) is 4. The maximum atomic E-state index is 13.6. The minimum absolute atomic E-state index is 0.00690. The van der Waals surface area contributed by atoms with Gasteiger partial charge in [-0.05, 0) is 43.0 Å². The van der Waals surface area contributed by atoms with Crippen molar-refractivity contribution in [2.45, 2.75) is 38.6 Å². The highest BCUT2D eigenvalue weighted by atomic mass is 35.5. The zero-order chi connectivity index (χ0) is 24.1. The van der Waals surface area contributed by atoms with Crippen LogP contribution in [-0.2, 0) is 14.4 Å². The maximum absolute atomic E-state index is 13.6. The fraction of sp³-hybridized carbons (Fsp3) is 0.640. The van der Waals surface area contributed by atoms with E-state index in [2.05, 4.69) is 4.90 Å². The Kier molecular flexibility index (Phi) is 8.32. The van der Waals surface area contributed by atoms with Crippen LogP contribution in [-0.4, -0.2) is 102 Å². The molecule has 0 spiro atoms. The van der Waals surface area contributed by atoms with Crippen LogP contribution in [0.1, 0.15) is 32.6 Å². The molecule has 1 aromatic carbocycles. The van der Waals surface area contributed by atoms with Gasteiger partial charge in [-0.25, -0.2) is 0 Å². The second kappa shape index (κ2) is 11.4. The van der Waals surface area contributed by atoms with Crippen molar-refractivity contribution in [3.63, 3.8) is 0 Å². The van der Waals surface area contributed by atoms with Gasteiger partial charge < -0.3 is 19.4 Å². The monoisotopic (exact) mass is 490 g/mol. The summed E-state index contributed by atoms with van der Waals surface area (Å²) in [4.78, 5) is 45.9. The molecule has 186 valence electrons. The van der Waals surface area contributed by atoms with Gasteiger partial charge in [-0.1, -0.05) is 24.4 Å². The lowest BCUT2D eigenvalue weighted by Gasteiger charge is -2.43. The first-order valence-electron chi connectivity index (χ1n) is 12.4. The van der Waals surface area contributed by atoms with Crippen LogP contribution in [0.4, 0.5) is 0 Å². The first kappa shape index (κ1) is 24.8. The number of benzene rings is 1. The normalized spacial score (nSPS) is 20.9. The Morgan fingerprint density at radius 3 is 2.03 bits per heavy atom. The van der Waals surface area contributed by atoms with Gasteiger partial charge in [-0.3, -0.25) is 19.3 Å². The van der Waals surface area contributed by atoms with Crippen LogP contribution in [0, 0.1) is 5.92 Å². The third kappa shape index (κ3) is 6.02. The highest BCUT2D eigenvalue weighted by Crippen LogP contribution is 2.32. The van der Waals surface area contributed by atoms with Gasteiger partial charge in [0.15, 0.2) is 6.61 Å². The first-order valence-corrected chi connectivity index (χ1v) is 12.7. The Bertz CT molecular complexity index is 858. The number of halogens is 1. The Labute approximate surface area is 206 Å². The number of ether oxygens (including phenoxy) is 1. The summed E-state index contributed by atoms with van der Waals surface area (Å²) in [5, 5.41) is 0.627. The Balaban J connectivity index is 1.32. The highest BCUT2D eigenvalue weighted by molar-refractivity contribution is 6.30. The van der Waals surface area contributed by atoms with Gasteiger partial charge in [0, 0.05) is 64.3 Å². The van der Waals surface area contributed by atoms with E-state index in [-0.39, 0.29) is 30.4 Å². The molecule has 0 aromatic heterocycles. The van der Waals surface area contributed by atoms with Gasteiger partial charge in [0.05, 0.1) is 6.04 Å². The molecule has 3 aliphatic rings. The van der Waals surface area contributed by atoms with E-state index in [9.17, 15) is 14.4 Å². The van der Waals surface area contributed by atoms with Crippen LogP contribution in [0.25, 0.3) is 0 Å². The van der Waals surface area contributed by atoms with Crippen molar-refractivity contribution >= 4 is 29.3 Å². The molecule has 2 aliphatic heterocycles. The summed E-state index contributed by atoms with van der Waals surface area (Å²) in [5.74, 6) is 1.21. The molecule has 0 N–H and O–H groups in total. The summed E-state index contributed by atoms with van der Waals surface area (Å²) < 4.78 is 5.62. The molecule has 1 saturated carbocycles. The van der Waals surface area contributed by atoms with E-state index in [0.29, 0.717) is 69.0 Å². The van der Waals surface area contributed by atoms with Crippen LogP contribution in [0.2, 0.25) is 5.02 Å². The highest BCUT2D eigenvalue weighted by Gasteiger charge is 2.40. The number of carbonyl (C=O) groups is 3. The smallest absolute Gasteiger partial charge is 0.260 e. The molecule has 9 heteroatoms. The van der Waals surface area contributed by atoms with Crippen molar-refractivity contribution in [2.75, 3.05) is 59.0 Å². The van der Waals surface area contributed by atoms with Crippen LogP contribution >= 0.6 is 11.6 Å². The summed E-state index contributed by atoms with van der Waals surface area (Å²) in [7, 11) is 0.